The molecule has 0 spiro atoms. The first-order chi connectivity index (χ1) is 15.6. The van der Waals surface area contributed by atoms with Gasteiger partial charge < -0.3 is 4.74 Å². The van der Waals surface area contributed by atoms with E-state index in [1.807, 2.05) is 48.5 Å². The molecule has 0 N–H and O–H groups in total. The number of halogens is 2. The van der Waals surface area contributed by atoms with Crippen LogP contribution in [0.15, 0.2) is 78.9 Å². The van der Waals surface area contributed by atoms with Gasteiger partial charge in [0.15, 0.2) is 0 Å². The van der Waals surface area contributed by atoms with Crippen molar-refractivity contribution in [3.05, 3.63) is 102 Å². The fraction of sp³-hybridized carbons (Fsp3) is 0.172. The van der Waals surface area contributed by atoms with E-state index < -0.39 is 0 Å². The maximum Gasteiger partial charge on any atom is 0.134 e. The number of rotatable bonds is 6. The van der Waals surface area contributed by atoms with Crippen LogP contribution in [0.1, 0.15) is 37.3 Å². The lowest BCUT2D eigenvalue weighted by Gasteiger charge is -2.09. The van der Waals surface area contributed by atoms with Gasteiger partial charge in [-0.3, -0.25) is 0 Å². The van der Waals surface area contributed by atoms with Gasteiger partial charge in [-0.15, -0.1) is 0 Å². The number of ether oxygens (including phenoxy) is 1. The average molecular weight is 427 g/mol. The van der Waals surface area contributed by atoms with Crippen molar-refractivity contribution in [1.29, 1.82) is 0 Å². The normalized spacial score (nSPS) is 10.6. The molecule has 0 aliphatic carbocycles. The lowest BCUT2D eigenvalue weighted by molar-refractivity contribution is 0.305. The van der Waals surface area contributed by atoms with Gasteiger partial charge in [0.2, 0.25) is 0 Å². The zero-order valence-corrected chi connectivity index (χ0v) is 18.0. The summed E-state index contributed by atoms with van der Waals surface area (Å²) >= 11 is 0. The van der Waals surface area contributed by atoms with Gasteiger partial charge in [0, 0.05) is 22.8 Å². The summed E-state index contributed by atoms with van der Waals surface area (Å²) < 4.78 is 33.6. The molecule has 0 aliphatic rings. The largest absolute Gasteiger partial charge is 0.493 e. The van der Waals surface area contributed by atoms with Crippen LogP contribution in [0.5, 0.6) is 5.75 Å². The molecule has 0 fully saturated rings. The van der Waals surface area contributed by atoms with Crippen molar-refractivity contribution in [3.8, 4) is 28.7 Å². The van der Waals surface area contributed by atoms with Crippen molar-refractivity contribution >= 4 is 10.8 Å². The maximum absolute atomic E-state index is 14.6. The minimum absolute atomic E-state index is 0.248. The minimum atomic E-state index is -0.301. The molecule has 4 aromatic carbocycles. The Balaban J connectivity index is 1.46. The fourth-order valence-electron chi connectivity index (χ4n) is 3.53. The molecule has 160 valence electrons. The van der Waals surface area contributed by atoms with Crippen LogP contribution in [0.2, 0.25) is 0 Å². The van der Waals surface area contributed by atoms with Crippen LogP contribution in [0.4, 0.5) is 8.78 Å². The SMILES string of the molecule is CCCCCOc1ccc(-c2ccc(C#Cc3ccc4cc(F)ccc4c3)cc2)c(F)c1. The van der Waals surface area contributed by atoms with Crippen molar-refractivity contribution in [2.24, 2.45) is 0 Å². The standard InChI is InChI=1S/C29H24F2O/c1-2-3-4-17-32-27-15-16-28(29(31)20-27)23-10-7-21(8-11-23)5-6-22-9-12-25-19-26(30)14-13-24(25)18-22/h7-16,18-20H,2-4,17H2,1H3. The van der Waals surface area contributed by atoms with Crippen LogP contribution < -0.4 is 4.74 Å². The van der Waals surface area contributed by atoms with Gasteiger partial charge in [-0.05, 0) is 71.3 Å². The molecule has 0 unspecified atom stereocenters. The third-order valence-electron chi connectivity index (χ3n) is 5.31. The molecule has 0 saturated carbocycles. The predicted octanol–water partition coefficient (Wildman–Crippen LogP) is 7.75. The van der Waals surface area contributed by atoms with Crippen LogP contribution in [0.3, 0.4) is 0 Å². The predicted molar refractivity (Wildman–Crippen MR) is 127 cm³/mol. The smallest absolute Gasteiger partial charge is 0.134 e. The highest BCUT2D eigenvalue weighted by atomic mass is 19.1. The summed E-state index contributed by atoms with van der Waals surface area (Å²) in [6.45, 7) is 2.74. The van der Waals surface area contributed by atoms with Gasteiger partial charge in [0.05, 0.1) is 6.61 Å². The number of hydrogen-bond donors (Lipinski definition) is 0. The summed E-state index contributed by atoms with van der Waals surface area (Å²) in [6.07, 6.45) is 3.21. The Hall–Kier alpha value is -3.64. The van der Waals surface area contributed by atoms with Crippen LogP contribution in [-0.4, -0.2) is 6.61 Å². The molecule has 4 rings (SSSR count). The lowest BCUT2D eigenvalue weighted by atomic mass is 10.0. The Kier molecular flexibility index (Phi) is 6.82. The molecule has 0 saturated heterocycles. The zero-order chi connectivity index (χ0) is 22.3. The molecular formula is C29H24F2O. The number of hydrogen-bond acceptors (Lipinski definition) is 1. The molecule has 32 heavy (non-hydrogen) atoms. The maximum atomic E-state index is 14.6. The van der Waals surface area contributed by atoms with Crippen molar-refractivity contribution in [2.75, 3.05) is 6.61 Å². The fourth-order valence-corrected chi connectivity index (χ4v) is 3.53. The van der Waals surface area contributed by atoms with Crippen molar-refractivity contribution in [3.63, 3.8) is 0 Å². The molecule has 0 amide bonds. The highest BCUT2D eigenvalue weighted by Gasteiger charge is 2.07. The Morgan fingerprint density at radius 3 is 2.22 bits per heavy atom. The Labute approximate surface area is 187 Å². The topological polar surface area (TPSA) is 9.23 Å². The summed E-state index contributed by atoms with van der Waals surface area (Å²) in [7, 11) is 0. The van der Waals surface area contributed by atoms with Crippen LogP contribution >= 0.6 is 0 Å². The van der Waals surface area contributed by atoms with E-state index in [1.54, 1.807) is 12.1 Å². The van der Waals surface area contributed by atoms with E-state index in [0.717, 1.165) is 46.7 Å². The van der Waals surface area contributed by atoms with Crippen molar-refractivity contribution in [1.82, 2.24) is 0 Å². The summed E-state index contributed by atoms with van der Waals surface area (Å²) in [4.78, 5) is 0. The van der Waals surface area contributed by atoms with Crippen molar-refractivity contribution < 1.29 is 13.5 Å². The molecular weight excluding hydrogens is 402 g/mol. The molecule has 0 atom stereocenters. The Bertz CT molecular complexity index is 1280. The summed E-state index contributed by atoms with van der Waals surface area (Å²) in [5.74, 6) is 6.28. The van der Waals surface area contributed by atoms with E-state index in [-0.39, 0.29) is 11.6 Å². The van der Waals surface area contributed by atoms with Crippen LogP contribution in [0.25, 0.3) is 21.9 Å². The monoisotopic (exact) mass is 426 g/mol. The molecule has 0 radical (unpaired) electrons. The number of unbranched alkanes of at least 4 members (excludes halogenated alkanes) is 2. The van der Waals surface area contributed by atoms with Crippen LogP contribution in [0, 0.1) is 23.5 Å². The second-order valence-corrected chi connectivity index (χ2v) is 7.73. The third-order valence-corrected chi connectivity index (χ3v) is 5.31. The first kappa shape index (κ1) is 21.6. The first-order valence-electron chi connectivity index (χ1n) is 10.9. The van der Waals surface area contributed by atoms with Gasteiger partial charge in [0.1, 0.15) is 17.4 Å². The lowest BCUT2D eigenvalue weighted by Crippen LogP contribution is -1.97. The van der Waals surface area contributed by atoms with Gasteiger partial charge in [-0.25, -0.2) is 8.78 Å². The van der Waals surface area contributed by atoms with E-state index in [1.165, 1.54) is 18.2 Å². The third kappa shape index (κ3) is 5.34. The van der Waals surface area contributed by atoms with E-state index in [2.05, 4.69) is 18.8 Å². The van der Waals surface area contributed by atoms with Gasteiger partial charge in [-0.2, -0.15) is 0 Å². The average Bonchev–Trinajstić information content (AvgIpc) is 2.81. The molecule has 3 heteroatoms. The number of fused-ring (bicyclic) bond motifs is 1. The first-order valence-corrected chi connectivity index (χ1v) is 10.9. The van der Waals surface area contributed by atoms with Crippen molar-refractivity contribution in [2.45, 2.75) is 26.2 Å². The molecule has 0 bridgehead atoms. The zero-order valence-electron chi connectivity index (χ0n) is 18.0. The van der Waals surface area contributed by atoms with E-state index >= 15 is 0 Å². The van der Waals surface area contributed by atoms with E-state index in [4.69, 9.17) is 4.74 Å². The minimum Gasteiger partial charge on any atom is -0.493 e. The van der Waals surface area contributed by atoms with Gasteiger partial charge >= 0.3 is 0 Å². The van der Waals surface area contributed by atoms with Crippen LogP contribution in [-0.2, 0) is 0 Å². The number of benzene rings is 4. The second-order valence-electron chi connectivity index (χ2n) is 7.73. The Morgan fingerprint density at radius 1 is 0.719 bits per heavy atom. The molecule has 0 aromatic heterocycles. The highest BCUT2D eigenvalue weighted by molar-refractivity contribution is 5.84. The second kappa shape index (κ2) is 10.1. The van der Waals surface area contributed by atoms with E-state index in [0.29, 0.717) is 17.9 Å². The molecule has 0 heterocycles. The molecule has 1 nitrogen and oxygen atoms in total. The van der Waals surface area contributed by atoms with Gasteiger partial charge in [0.25, 0.3) is 0 Å². The van der Waals surface area contributed by atoms with E-state index in [9.17, 15) is 8.78 Å². The summed E-state index contributed by atoms with van der Waals surface area (Å²) in [5.41, 5.74) is 3.02. The highest BCUT2D eigenvalue weighted by Crippen LogP contribution is 2.27. The molecule has 0 aliphatic heterocycles. The summed E-state index contributed by atoms with van der Waals surface area (Å²) in [6, 6.07) is 22.9. The summed E-state index contributed by atoms with van der Waals surface area (Å²) in [5, 5.41) is 1.79. The molecule has 4 aromatic rings. The Morgan fingerprint density at radius 2 is 1.44 bits per heavy atom. The van der Waals surface area contributed by atoms with Gasteiger partial charge in [-0.1, -0.05) is 55.9 Å². The quantitative estimate of drug-likeness (QED) is 0.226.